The van der Waals surface area contributed by atoms with E-state index < -0.39 is 30.1 Å². The Morgan fingerprint density at radius 3 is 2.72 bits per heavy atom. The number of aliphatic hydroxyl groups is 2. The summed E-state index contributed by atoms with van der Waals surface area (Å²) in [6.07, 6.45) is 0.699. The molecule has 0 spiro atoms. The number of nitrogens with zero attached hydrogens (tertiary/aromatic N) is 1. The number of aliphatic hydroxyl groups excluding tert-OH is 2. The minimum absolute atomic E-state index is 0.0308. The molecule has 2 aromatic carbocycles. The van der Waals surface area contributed by atoms with Gasteiger partial charge in [-0.15, -0.1) is 0 Å². The van der Waals surface area contributed by atoms with Crippen molar-refractivity contribution in [3.63, 3.8) is 0 Å². The van der Waals surface area contributed by atoms with Crippen molar-refractivity contribution in [3.05, 3.63) is 70.9 Å². The zero-order chi connectivity index (χ0) is 27.7. The van der Waals surface area contributed by atoms with Gasteiger partial charge in [0.1, 0.15) is 18.5 Å². The summed E-state index contributed by atoms with van der Waals surface area (Å²) in [5.41, 5.74) is 3.09. The molecule has 0 saturated heterocycles. The number of hydrogen-bond acceptors (Lipinski definition) is 7. The van der Waals surface area contributed by atoms with E-state index in [4.69, 9.17) is 9.47 Å². The van der Waals surface area contributed by atoms with Gasteiger partial charge in [-0.25, -0.2) is 0 Å². The number of hydrogen-bond donors (Lipinski definition) is 4. The largest absolute Gasteiger partial charge is 0.493 e. The standard InChI is InChI=1S/C29H31N3O7/c1-16(35)32(9-7-19-13-18-5-3-4-6-22(18)31-19)23-14-21(29(37)30-8-10-33)25-20-11-17(15-34)12-24(38-2)27(20)39-28(25)26(23)36/h3-6,11-15,23,25-26,28,31,33,36H,7-10H2,1-2H3,(H,30,37). The highest BCUT2D eigenvalue weighted by Gasteiger charge is 2.51. The van der Waals surface area contributed by atoms with Crippen molar-refractivity contribution in [2.75, 3.05) is 26.8 Å². The quantitative estimate of drug-likeness (QED) is 0.307. The Bertz CT molecular complexity index is 1410. The number of benzene rings is 2. The highest BCUT2D eigenvalue weighted by Crippen LogP contribution is 2.51. The van der Waals surface area contributed by atoms with Gasteiger partial charge in [0.2, 0.25) is 11.8 Å². The smallest absolute Gasteiger partial charge is 0.247 e. The summed E-state index contributed by atoms with van der Waals surface area (Å²) in [7, 11) is 1.45. The van der Waals surface area contributed by atoms with Crippen LogP contribution in [0.1, 0.15) is 34.5 Å². The summed E-state index contributed by atoms with van der Waals surface area (Å²) in [5, 5.41) is 24.6. The minimum Gasteiger partial charge on any atom is -0.493 e. The van der Waals surface area contributed by atoms with Crippen molar-refractivity contribution in [2.45, 2.75) is 37.5 Å². The van der Waals surface area contributed by atoms with Gasteiger partial charge in [0.25, 0.3) is 0 Å². The molecule has 2 heterocycles. The summed E-state index contributed by atoms with van der Waals surface area (Å²) in [5.74, 6) is -0.782. The molecule has 0 saturated carbocycles. The van der Waals surface area contributed by atoms with Crippen LogP contribution in [0, 0.1) is 0 Å². The Labute approximate surface area is 225 Å². The number of methoxy groups -OCH3 is 1. The van der Waals surface area contributed by atoms with E-state index in [9.17, 15) is 24.6 Å². The first-order valence-electron chi connectivity index (χ1n) is 12.8. The van der Waals surface area contributed by atoms with Crippen molar-refractivity contribution < 1.29 is 34.1 Å². The van der Waals surface area contributed by atoms with Crippen LogP contribution < -0.4 is 14.8 Å². The maximum atomic E-state index is 13.3. The molecular formula is C29H31N3O7. The van der Waals surface area contributed by atoms with Crippen molar-refractivity contribution in [1.29, 1.82) is 0 Å². The van der Waals surface area contributed by atoms with Crippen LogP contribution in [0.5, 0.6) is 11.5 Å². The van der Waals surface area contributed by atoms with Gasteiger partial charge < -0.3 is 34.9 Å². The second-order valence-corrected chi connectivity index (χ2v) is 9.75. The molecule has 204 valence electrons. The molecule has 0 fully saturated rings. The monoisotopic (exact) mass is 533 g/mol. The summed E-state index contributed by atoms with van der Waals surface area (Å²) in [4.78, 5) is 42.7. The molecule has 4 unspecified atom stereocenters. The molecule has 39 heavy (non-hydrogen) atoms. The summed E-state index contributed by atoms with van der Waals surface area (Å²) >= 11 is 0. The molecule has 0 radical (unpaired) electrons. The van der Waals surface area contributed by atoms with Gasteiger partial charge in [-0.2, -0.15) is 0 Å². The lowest BCUT2D eigenvalue weighted by atomic mass is 9.77. The minimum atomic E-state index is -1.17. The fourth-order valence-electron chi connectivity index (χ4n) is 5.58. The van der Waals surface area contributed by atoms with Crippen molar-refractivity contribution >= 4 is 29.0 Å². The van der Waals surface area contributed by atoms with E-state index >= 15 is 0 Å². The van der Waals surface area contributed by atoms with Gasteiger partial charge in [0.15, 0.2) is 11.5 Å². The van der Waals surface area contributed by atoms with Crippen LogP contribution in [0.3, 0.4) is 0 Å². The fourth-order valence-corrected chi connectivity index (χ4v) is 5.58. The van der Waals surface area contributed by atoms with Crippen LogP contribution in [0.2, 0.25) is 0 Å². The Hall–Kier alpha value is -4.15. The summed E-state index contributed by atoms with van der Waals surface area (Å²) in [6, 6.07) is 12.2. The number of carbonyl (C=O) groups excluding carboxylic acids is 3. The van der Waals surface area contributed by atoms with Crippen LogP contribution in [-0.2, 0) is 16.0 Å². The van der Waals surface area contributed by atoms with E-state index in [1.54, 1.807) is 12.1 Å². The number of H-pyrrole nitrogens is 1. The third-order valence-corrected chi connectivity index (χ3v) is 7.38. The Morgan fingerprint density at radius 1 is 1.23 bits per heavy atom. The molecule has 3 aromatic rings. The van der Waals surface area contributed by atoms with E-state index in [1.165, 1.54) is 25.0 Å². The molecule has 0 bridgehead atoms. The lowest BCUT2D eigenvalue weighted by Gasteiger charge is -2.40. The number of rotatable bonds is 9. The highest BCUT2D eigenvalue weighted by molar-refractivity contribution is 5.96. The van der Waals surface area contributed by atoms with E-state index in [-0.39, 0.29) is 31.2 Å². The van der Waals surface area contributed by atoms with E-state index in [0.717, 1.165) is 16.6 Å². The first kappa shape index (κ1) is 26.5. The number of amides is 2. The number of para-hydroxylation sites is 1. The first-order valence-corrected chi connectivity index (χ1v) is 12.8. The Balaban J connectivity index is 1.51. The molecule has 4 N–H and O–H groups in total. The Morgan fingerprint density at radius 2 is 2.03 bits per heavy atom. The van der Waals surface area contributed by atoms with Crippen LogP contribution in [0.25, 0.3) is 10.9 Å². The molecule has 2 amide bonds. The molecule has 4 atom stereocenters. The predicted octanol–water partition coefficient (Wildman–Crippen LogP) is 1.70. The molecule has 5 rings (SSSR count). The lowest BCUT2D eigenvalue weighted by molar-refractivity contribution is -0.134. The zero-order valence-electron chi connectivity index (χ0n) is 21.7. The Kier molecular flexibility index (Phi) is 7.40. The highest BCUT2D eigenvalue weighted by atomic mass is 16.5. The third-order valence-electron chi connectivity index (χ3n) is 7.38. The van der Waals surface area contributed by atoms with E-state index in [2.05, 4.69) is 10.3 Å². The van der Waals surface area contributed by atoms with E-state index in [1.807, 2.05) is 30.3 Å². The molecule has 1 aliphatic heterocycles. The third kappa shape index (κ3) is 4.88. The zero-order valence-corrected chi connectivity index (χ0v) is 21.7. The maximum Gasteiger partial charge on any atom is 0.247 e. The first-order chi connectivity index (χ1) is 18.9. The summed E-state index contributed by atoms with van der Waals surface area (Å²) in [6.45, 7) is 1.49. The van der Waals surface area contributed by atoms with Crippen LogP contribution in [0.15, 0.2) is 54.1 Å². The number of aldehydes is 1. The second-order valence-electron chi connectivity index (χ2n) is 9.75. The normalized spacial score (nSPS) is 21.4. The molecule has 10 nitrogen and oxygen atoms in total. The second kappa shape index (κ2) is 10.9. The van der Waals surface area contributed by atoms with Gasteiger partial charge in [-0.1, -0.05) is 18.2 Å². The SMILES string of the molecule is COc1cc(C=O)cc2c1OC1C2C(C(=O)NCCO)=CC(N(CCc2cc3ccccc3[nH]2)C(C)=O)C1O. The van der Waals surface area contributed by atoms with Gasteiger partial charge in [0, 0.05) is 54.3 Å². The predicted molar refractivity (Wildman–Crippen MR) is 143 cm³/mol. The van der Waals surface area contributed by atoms with Gasteiger partial charge in [0.05, 0.1) is 25.7 Å². The molecule has 1 aliphatic carbocycles. The van der Waals surface area contributed by atoms with Crippen molar-refractivity contribution in [1.82, 2.24) is 15.2 Å². The van der Waals surface area contributed by atoms with Crippen LogP contribution in [-0.4, -0.2) is 83.3 Å². The lowest BCUT2D eigenvalue weighted by Crippen LogP contribution is -2.55. The molecule has 1 aromatic heterocycles. The maximum absolute atomic E-state index is 13.3. The molecule has 2 aliphatic rings. The van der Waals surface area contributed by atoms with Gasteiger partial charge >= 0.3 is 0 Å². The number of ether oxygens (including phenoxy) is 2. The van der Waals surface area contributed by atoms with Crippen molar-refractivity contribution in [3.8, 4) is 11.5 Å². The fraction of sp³-hybridized carbons (Fsp3) is 0.345. The van der Waals surface area contributed by atoms with E-state index in [0.29, 0.717) is 35.3 Å². The number of aromatic amines is 1. The summed E-state index contributed by atoms with van der Waals surface area (Å²) < 4.78 is 11.6. The van der Waals surface area contributed by atoms with Crippen molar-refractivity contribution in [2.24, 2.45) is 0 Å². The van der Waals surface area contributed by atoms with Gasteiger partial charge in [-0.3, -0.25) is 14.4 Å². The topological polar surface area (TPSA) is 141 Å². The van der Waals surface area contributed by atoms with Gasteiger partial charge in [-0.05, 0) is 35.7 Å². The average Bonchev–Trinajstić information content (AvgIpc) is 3.54. The average molecular weight is 534 g/mol. The number of nitrogens with one attached hydrogen (secondary N) is 2. The number of fused-ring (bicyclic) bond motifs is 4. The molecular weight excluding hydrogens is 502 g/mol. The van der Waals surface area contributed by atoms with Crippen LogP contribution >= 0.6 is 0 Å². The number of carbonyl (C=O) groups is 3. The van der Waals surface area contributed by atoms with Crippen LogP contribution in [0.4, 0.5) is 0 Å². The number of aromatic nitrogens is 1. The molecule has 10 heteroatoms.